The molecule has 182 valence electrons. The fraction of sp³-hybridized carbons (Fsp3) is 0.519. The second-order valence-electron chi connectivity index (χ2n) is 9.87. The van der Waals surface area contributed by atoms with Gasteiger partial charge in [0.25, 0.3) is 5.91 Å². The highest BCUT2D eigenvalue weighted by Crippen LogP contribution is 2.39. The number of hydrogen-bond acceptors (Lipinski definition) is 4. The number of carboxylic acids is 1. The zero-order chi connectivity index (χ0) is 24.2. The van der Waals surface area contributed by atoms with E-state index in [4.69, 9.17) is 4.98 Å². The van der Waals surface area contributed by atoms with E-state index in [1.54, 1.807) is 11.3 Å². The molecule has 1 fully saturated rings. The Morgan fingerprint density at radius 2 is 2.03 bits per heavy atom. The topological polar surface area (TPSA) is 84.2 Å². The van der Waals surface area contributed by atoms with E-state index in [9.17, 15) is 14.7 Å². The summed E-state index contributed by atoms with van der Waals surface area (Å²) in [4.78, 5) is 30.8. The van der Waals surface area contributed by atoms with E-state index in [-0.39, 0.29) is 11.8 Å². The van der Waals surface area contributed by atoms with Crippen LogP contribution in [0.5, 0.6) is 0 Å². The molecule has 2 heterocycles. The summed E-state index contributed by atoms with van der Waals surface area (Å²) in [6.45, 7) is 6.18. The maximum Gasteiger partial charge on any atom is 0.326 e. The highest BCUT2D eigenvalue weighted by molar-refractivity contribution is 7.09. The van der Waals surface area contributed by atoms with E-state index in [1.165, 1.54) is 24.1 Å². The van der Waals surface area contributed by atoms with Crippen molar-refractivity contribution in [3.63, 3.8) is 0 Å². The van der Waals surface area contributed by atoms with Gasteiger partial charge >= 0.3 is 5.97 Å². The van der Waals surface area contributed by atoms with E-state index in [0.29, 0.717) is 23.9 Å². The lowest BCUT2D eigenvalue weighted by Crippen LogP contribution is -2.41. The molecule has 1 amide bonds. The van der Waals surface area contributed by atoms with E-state index in [0.717, 1.165) is 36.1 Å². The van der Waals surface area contributed by atoms with Crippen LogP contribution in [0.15, 0.2) is 35.7 Å². The fourth-order valence-electron chi connectivity index (χ4n) is 5.29. The normalized spacial score (nSPS) is 19.4. The lowest BCUT2D eigenvalue weighted by Gasteiger charge is -2.33. The summed E-state index contributed by atoms with van der Waals surface area (Å²) in [7, 11) is 0. The van der Waals surface area contributed by atoms with Gasteiger partial charge in [-0.2, -0.15) is 0 Å². The third kappa shape index (κ3) is 5.35. The SMILES string of the molecule is CCC1CCCC[C@@H]1n1c(Cc2cccs2)nc2cc(C(=O)NC(CC(C)C)C(=O)O)ccc21. The van der Waals surface area contributed by atoms with E-state index >= 15 is 0 Å². The molecule has 2 aromatic heterocycles. The molecule has 0 radical (unpaired) electrons. The van der Waals surface area contributed by atoms with Gasteiger partial charge in [0.1, 0.15) is 11.9 Å². The van der Waals surface area contributed by atoms with Gasteiger partial charge in [-0.1, -0.05) is 46.1 Å². The molecule has 7 heteroatoms. The molecule has 1 aliphatic carbocycles. The Bertz CT molecular complexity index is 1140. The maximum absolute atomic E-state index is 12.9. The van der Waals surface area contributed by atoms with Crippen molar-refractivity contribution in [3.05, 3.63) is 52.0 Å². The molecule has 4 rings (SSSR count). The first-order chi connectivity index (χ1) is 16.4. The van der Waals surface area contributed by atoms with Gasteiger partial charge in [0, 0.05) is 22.9 Å². The number of nitrogens with zero attached hydrogens (tertiary/aromatic N) is 2. The number of amides is 1. The Morgan fingerprint density at radius 1 is 1.24 bits per heavy atom. The van der Waals surface area contributed by atoms with Gasteiger partial charge < -0.3 is 15.0 Å². The zero-order valence-corrected chi connectivity index (χ0v) is 21.1. The van der Waals surface area contributed by atoms with Crippen LogP contribution in [0.25, 0.3) is 11.0 Å². The molecule has 0 bridgehead atoms. The number of benzene rings is 1. The number of hydrogen-bond donors (Lipinski definition) is 2. The summed E-state index contributed by atoms with van der Waals surface area (Å²) in [5, 5.41) is 14.3. The van der Waals surface area contributed by atoms with Crippen LogP contribution in [-0.4, -0.2) is 32.6 Å². The Morgan fingerprint density at radius 3 is 2.71 bits per heavy atom. The lowest BCUT2D eigenvalue weighted by atomic mass is 9.82. The molecule has 6 nitrogen and oxygen atoms in total. The fourth-order valence-corrected chi connectivity index (χ4v) is 5.99. The lowest BCUT2D eigenvalue weighted by molar-refractivity contribution is -0.139. The van der Waals surface area contributed by atoms with Crippen molar-refractivity contribution < 1.29 is 14.7 Å². The molecule has 0 aliphatic heterocycles. The first kappa shape index (κ1) is 24.5. The third-order valence-electron chi connectivity index (χ3n) is 6.97. The van der Waals surface area contributed by atoms with Crippen LogP contribution in [-0.2, 0) is 11.2 Å². The molecule has 3 atom stereocenters. The summed E-state index contributed by atoms with van der Waals surface area (Å²) >= 11 is 1.74. The van der Waals surface area contributed by atoms with Gasteiger partial charge in [0.15, 0.2) is 0 Å². The number of aromatic nitrogens is 2. The molecule has 1 aromatic carbocycles. The number of carboxylic acid groups (broad SMARTS) is 1. The summed E-state index contributed by atoms with van der Waals surface area (Å²) in [6.07, 6.45) is 7.22. The molecule has 2 unspecified atom stereocenters. The van der Waals surface area contributed by atoms with Gasteiger partial charge in [-0.25, -0.2) is 9.78 Å². The van der Waals surface area contributed by atoms with Crippen molar-refractivity contribution in [1.82, 2.24) is 14.9 Å². The monoisotopic (exact) mass is 481 g/mol. The summed E-state index contributed by atoms with van der Waals surface area (Å²) in [5.74, 6) is 0.468. The second kappa shape index (κ2) is 10.7. The maximum atomic E-state index is 12.9. The summed E-state index contributed by atoms with van der Waals surface area (Å²) in [5.41, 5.74) is 2.31. The van der Waals surface area contributed by atoms with Gasteiger partial charge in [0.2, 0.25) is 0 Å². The number of imidazole rings is 1. The van der Waals surface area contributed by atoms with Gasteiger partial charge in [-0.15, -0.1) is 11.3 Å². The van der Waals surface area contributed by atoms with Crippen LogP contribution < -0.4 is 5.32 Å². The van der Waals surface area contributed by atoms with Gasteiger partial charge in [-0.3, -0.25) is 4.79 Å². The Hall–Kier alpha value is -2.67. The zero-order valence-electron chi connectivity index (χ0n) is 20.3. The van der Waals surface area contributed by atoms with E-state index in [2.05, 4.69) is 34.3 Å². The highest BCUT2D eigenvalue weighted by atomic mass is 32.1. The number of carbonyl (C=O) groups is 2. The minimum absolute atomic E-state index is 0.168. The average Bonchev–Trinajstić information content (AvgIpc) is 3.45. The van der Waals surface area contributed by atoms with Crippen molar-refractivity contribution >= 4 is 34.2 Å². The number of rotatable bonds is 9. The Labute approximate surface area is 205 Å². The van der Waals surface area contributed by atoms with E-state index < -0.39 is 12.0 Å². The van der Waals surface area contributed by atoms with Crippen LogP contribution in [0, 0.1) is 11.8 Å². The number of carbonyl (C=O) groups excluding carboxylic acids is 1. The van der Waals surface area contributed by atoms with Crippen molar-refractivity contribution in [1.29, 1.82) is 0 Å². The van der Waals surface area contributed by atoms with Crippen molar-refractivity contribution in [2.45, 2.75) is 77.8 Å². The average molecular weight is 482 g/mol. The molecule has 34 heavy (non-hydrogen) atoms. The quantitative estimate of drug-likeness (QED) is 0.389. The minimum atomic E-state index is -1.01. The minimum Gasteiger partial charge on any atom is -0.480 e. The standard InChI is InChI=1S/C27H35N3O3S/c1-4-18-8-5-6-10-23(18)30-24-12-11-19(26(31)29-22(27(32)33)14-17(2)3)15-21(24)28-25(30)16-20-9-7-13-34-20/h7,9,11-13,15,17-18,22-23H,4-6,8,10,14,16H2,1-3H3,(H,29,31)(H,32,33)/t18?,22?,23-/m0/s1. The molecule has 1 aliphatic rings. The largest absolute Gasteiger partial charge is 0.480 e. The predicted molar refractivity (Wildman–Crippen MR) is 136 cm³/mol. The van der Waals surface area contributed by atoms with Gasteiger partial charge in [0.05, 0.1) is 11.0 Å². The predicted octanol–water partition coefficient (Wildman–Crippen LogP) is 6.06. The van der Waals surface area contributed by atoms with E-state index in [1.807, 2.05) is 32.0 Å². The van der Waals surface area contributed by atoms with Gasteiger partial charge in [-0.05, 0) is 60.7 Å². The van der Waals surface area contributed by atoms with Crippen LogP contribution in [0.2, 0.25) is 0 Å². The first-order valence-electron chi connectivity index (χ1n) is 12.4. The number of aliphatic carboxylic acids is 1. The molecular formula is C27H35N3O3S. The Kier molecular flexibility index (Phi) is 7.71. The molecule has 0 saturated heterocycles. The molecule has 2 N–H and O–H groups in total. The van der Waals surface area contributed by atoms with Crippen LogP contribution in [0.3, 0.4) is 0 Å². The van der Waals surface area contributed by atoms with Crippen molar-refractivity contribution in [2.75, 3.05) is 0 Å². The second-order valence-corrected chi connectivity index (χ2v) is 10.9. The van der Waals surface area contributed by atoms with Crippen LogP contribution in [0.4, 0.5) is 0 Å². The number of fused-ring (bicyclic) bond motifs is 1. The number of thiophene rings is 1. The molecule has 0 spiro atoms. The van der Waals surface area contributed by atoms with Crippen LogP contribution in [0.1, 0.15) is 86.4 Å². The summed E-state index contributed by atoms with van der Waals surface area (Å²) in [6, 6.07) is 9.35. The third-order valence-corrected chi connectivity index (χ3v) is 7.85. The number of nitrogens with one attached hydrogen (secondary N) is 1. The smallest absolute Gasteiger partial charge is 0.326 e. The van der Waals surface area contributed by atoms with Crippen LogP contribution >= 0.6 is 11.3 Å². The highest BCUT2D eigenvalue weighted by Gasteiger charge is 2.29. The summed E-state index contributed by atoms with van der Waals surface area (Å²) < 4.78 is 2.43. The molecular weight excluding hydrogens is 446 g/mol. The van der Waals surface area contributed by atoms with Crippen molar-refractivity contribution in [3.8, 4) is 0 Å². The first-order valence-corrected chi connectivity index (χ1v) is 13.3. The molecule has 3 aromatic rings. The molecule has 1 saturated carbocycles. The Balaban J connectivity index is 1.70. The van der Waals surface area contributed by atoms with Crippen molar-refractivity contribution in [2.24, 2.45) is 11.8 Å².